The summed E-state index contributed by atoms with van der Waals surface area (Å²) < 4.78 is 1.71. The van der Waals surface area contributed by atoms with Crippen LogP contribution in [0.1, 0.15) is 21.5 Å². The highest BCUT2D eigenvalue weighted by atomic mass is 16.3. The third-order valence-electron chi connectivity index (χ3n) is 4.79. The monoisotopic (exact) mass is 397 g/mol. The number of rotatable bonds is 4. The number of nitrogens with zero attached hydrogens (tertiary/aromatic N) is 2. The molecule has 1 aromatic heterocycles. The van der Waals surface area contributed by atoms with E-state index in [-0.39, 0.29) is 16.9 Å². The Balaban J connectivity index is 2.08. The highest BCUT2D eigenvalue weighted by Crippen LogP contribution is 2.18. The van der Waals surface area contributed by atoms with E-state index in [1.807, 2.05) is 6.92 Å². The molecule has 0 aliphatic rings. The second-order valence-corrected chi connectivity index (χ2v) is 6.80. The van der Waals surface area contributed by atoms with Gasteiger partial charge in [-0.1, -0.05) is 66.2 Å². The van der Waals surface area contributed by atoms with E-state index in [0.29, 0.717) is 0 Å². The topological polar surface area (TPSA) is 84.1 Å². The minimum Gasteiger partial charge on any atom is -0.859 e. The van der Waals surface area contributed by atoms with Crippen LogP contribution < -0.4 is 16.4 Å². The SMILES string of the molecule is Cc1ccc(C(=O)c2c([O-])n(-c3ccccc3)c(=O)n(-c3ccccc3)c2=O)cc1. The molecule has 0 unspecified atom stereocenters. The fraction of sp³-hybridized carbons (Fsp3) is 0.0417. The van der Waals surface area contributed by atoms with Gasteiger partial charge in [0.2, 0.25) is 0 Å². The van der Waals surface area contributed by atoms with Crippen LogP contribution in [0, 0.1) is 6.92 Å². The van der Waals surface area contributed by atoms with Crippen molar-refractivity contribution in [1.29, 1.82) is 0 Å². The molecule has 1 heterocycles. The average Bonchev–Trinajstić information content (AvgIpc) is 2.75. The zero-order chi connectivity index (χ0) is 21.3. The summed E-state index contributed by atoms with van der Waals surface area (Å²) in [6, 6.07) is 23.0. The van der Waals surface area contributed by atoms with Gasteiger partial charge >= 0.3 is 5.69 Å². The molecule has 0 spiro atoms. The third kappa shape index (κ3) is 3.24. The maximum atomic E-state index is 13.2. The second kappa shape index (κ2) is 7.67. The maximum Gasteiger partial charge on any atom is 0.339 e. The van der Waals surface area contributed by atoms with Crippen molar-refractivity contribution in [2.24, 2.45) is 0 Å². The maximum absolute atomic E-state index is 13.2. The molecule has 0 radical (unpaired) electrons. The zero-order valence-corrected chi connectivity index (χ0v) is 16.1. The van der Waals surface area contributed by atoms with Crippen molar-refractivity contribution in [1.82, 2.24) is 9.13 Å². The molecule has 0 saturated heterocycles. The van der Waals surface area contributed by atoms with Gasteiger partial charge in [0.15, 0.2) is 5.78 Å². The molecule has 6 nitrogen and oxygen atoms in total. The van der Waals surface area contributed by atoms with Crippen LogP contribution >= 0.6 is 0 Å². The van der Waals surface area contributed by atoms with Crippen molar-refractivity contribution in [2.75, 3.05) is 0 Å². The Hall–Kier alpha value is -4.19. The summed E-state index contributed by atoms with van der Waals surface area (Å²) in [6.45, 7) is 1.87. The highest BCUT2D eigenvalue weighted by Gasteiger charge is 2.22. The Morgan fingerprint density at radius 3 is 1.77 bits per heavy atom. The Morgan fingerprint density at radius 2 is 1.23 bits per heavy atom. The first-order valence-electron chi connectivity index (χ1n) is 9.30. The van der Waals surface area contributed by atoms with E-state index >= 15 is 0 Å². The number of benzene rings is 3. The van der Waals surface area contributed by atoms with E-state index in [4.69, 9.17) is 0 Å². The van der Waals surface area contributed by atoms with Crippen LogP contribution in [0.25, 0.3) is 11.4 Å². The minimum atomic E-state index is -0.936. The molecule has 0 bridgehead atoms. The molecule has 4 rings (SSSR count). The fourth-order valence-corrected chi connectivity index (χ4v) is 3.24. The molecule has 0 fully saturated rings. The van der Waals surface area contributed by atoms with Crippen molar-refractivity contribution in [2.45, 2.75) is 6.92 Å². The lowest BCUT2D eigenvalue weighted by Crippen LogP contribution is -2.42. The summed E-state index contributed by atoms with van der Waals surface area (Å²) in [5.74, 6) is -1.66. The van der Waals surface area contributed by atoms with Gasteiger partial charge in [-0.25, -0.2) is 9.36 Å². The summed E-state index contributed by atoms with van der Waals surface area (Å²) in [5, 5.41) is 13.2. The molecule has 0 N–H and O–H groups in total. The number of hydrogen-bond donors (Lipinski definition) is 0. The number of aromatic nitrogens is 2. The molecule has 0 atom stereocenters. The lowest BCUT2D eigenvalue weighted by atomic mass is 10.0. The number of carbonyl (C=O) groups excluding carboxylic acids is 1. The molecule has 3 aromatic carbocycles. The minimum absolute atomic E-state index is 0.202. The van der Waals surface area contributed by atoms with Crippen LogP contribution in [0.15, 0.2) is 94.5 Å². The number of carbonyl (C=O) groups is 1. The van der Waals surface area contributed by atoms with Crippen molar-refractivity contribution in [3.8, 4) is 17.3 Å². The molecule has 148 valence electrons. The third-order valence-corrected chi connectivity index (χ3v) is 4.79. The molecule has 4 aromatic rings. The van der Waals surface area contributed by atoms with Crippen LogP contribution in [0.5, 0.6) is 5.88 Å². The first-order chi connectivity index (χ1) is 14.5. The number of aryl methyl sites for hydroxylation is 1. The number of ketones is 1. The van der Waals surface area contributed by atoms with Gasteiger partial charge < -0.3 is 5.11 Å². The molecule has 0 aliphatic heterocycles. The predicted octanol–water partition coefficient (Wildman–Crippen LogP) is 2.60. The van der Waals surface area contributed by atoms with Crippen molar-refractivity contribution in [3.63, 3.8) is 0 Å². The van der Waals surface area contributed by atoms with Gasteiger partial charge in [0, 0.05) is 11.3 Å². The Bertz CT molecular complexity index is 1340. The van der Waals surface area contributed by atoms with E-state index in [1.54, 1.807) is 84.9 Å². The zero-order valence-electron chi connectivity index (χ0n) is 16.1. The molecule has 0 saturated carbocycles. The molecule has 0 amide bonds. The van der Waals surface area contributed by atoms with Crippen molar-refractivity contribution in [3.05, 3.63) is 122 Å². The van der Waals surface area contributed by atoms with Crippen molar-refractivity contribution < 1.29 is 9.90 Å². The molecule has 30 heavy (non-hydrogen) atoms. The van der Waals surface area contributed by atoms with E-state index in [1.165, 1.54) is 0 Å². The first-order valence-corrected chi connectivity index (χ1v) is 9.30. The number of hydrogen-bond acceptors (Lipinski definition) is 4. The lowest BCUT2D eigenvalue weighted by molar-refractivity contribution is -0.278. The van der Waals surface area contributed by atoms with E-state index in [2.05, 4.69) is 0 Å². The van der Waals surface area contributed by atoms with Crippen LogP contribution in [-0.2, 0) is 0 Å². The van der Waals surface area contributed by atoms with Gasteiger partial charge in [-0.3, -0.25) is 14.2 Å². The Morgan fingerprint density at radius 1 is 0.733 bits per heavy atom. The van der Waals surface area contributed by atoms with Gasteiger partial charge in [-0.15, -0.1) is 0 Å². The van der Waals surface area contributed by atoms with Crippen LogP contribution in [-0.4, -0.2) is 14.9 Å². The highest BCUT2D eigenvalue weighted by molar-refractivity contribution is 6.10. The van der Waals surface area contributed by atoms with Gasteiger partial charge in [0.1, 0.15) is 0 Å². The summed E-state index contributed by atoms with van der Waals surface area (Å²) in [6.07, 6.45) is 0. The van der Waals surface area contributed by atoms with Crippen LogP contribution in [0.4, 0.5) is 0 Å². The van der Waals surface area contributed by atoms with Gasteiger partial charge in [-0.2, -0.15) is 0 Å². The van der Waals surface area contributed by atoms with Gasteiger partial charge in [0.25, 0.3) is 5.56 Å². The normalized spacial score (nSPS) is 10.7. The van der Waals surface area contributed by atoms with E-state index < -0.39 is 28.5 Å². The lowest BCUT2D eigenvalue weighted by Gasteiger charge is -2.22. The van der Waals surface area contributed by atoms with Gasteiger partial charge in [-0.05, 0) is 37.1 Å². The summed E-state index contributed by atoms with van der Waals surface area (Å²) in [4.78, 5) is 39.5. The molecular formula is C24H17N2O4-. The van der Waals surface area contributed by atoms with Gasteiger partial charge in [0.05, 0.1) is 11.3 Å². The Kier molecular flexibility index (Phi) is 4.90. The van der Waals surface area contributed by atoms with Crippen molar-refractivity contribution >= 4 is 5.78 Å². The number of para-hydroxylation sites is 2. The van der Waals surface area contributed by atoms with Crippen LogP contribution in [0.3, 0.4) is 0 Å². The quantitative estimate of drug-likeness (QED) is 0.496. The molecular weight excluding hydrogens is 380 g/mol. The van der Waals surface area contributed by atoms with E-state index in [9.17, 15) is 19.5 Å². The standard InChI is InChI=1S/C24H18N2O4/c1-16-12-14-17(15-13-16)21(27)20-22(28)25(18-8-4-2-5-9-18)24(30)26(23(20)29)19-10-6-3-7-11-19/h2-15,28H,1H3/p-1. The molecule has 0 aliphatic carbocycles. The summed E-state index contributed by atoms with van der Waals surface area (Å²) in [5.41, 5.74) is -0.661. The van der Waals surface area contributed by atoms with E-state index in [0.717, 1.165) is 14.7 Å². The average molecular weight is 397 g/mol. The molecule has 6 heteroatoms. The smallest absolute Gasteiger partial charge is 0.339 e. The van der Waals surface area contributed by atoms with Crippen LogP contribution in [0.2, 0.25) is 0 Å². The Labute approximate surface area is 171 Å². The largest absolute Gasteiger partial charge is 0.859 e. The fourth-order valence-electron chi connectivity index (χ4n) is 3.24. The predicted molar refractivity (Wildman–Crippen MR) is 112 cm³/mol. The summed E-state index contributed by atoms with van der Waals surface area (Å²) in [7, 11) is 0. The second-order valence-electron chi connectivity index (χ2n) is 6.80. The summed E-state index contributed by atoms with van der Waals surface area (Å²) >= 11 is 0. The first kappa shape index (κ1) is 19.1.